The fourth-order valence-corrected chi connectivity index (χ4v) is 2.35. The number of carbonyl (C=O) groups excluding carboxylic acids is 1. The molecule has 0 aliphatic carbocycles. The number of carboxylic acid groups (broad SMARTS) is 1. The molecule has 0 radical (unpaired) electrons. The minimum absolute atomic E-state index is 0.276. The average Bonchev–Trinajstić information content (AvgIpc) is 2.78. The number of amides is 1. The molecule has 0 spiro atoms. The van der Waals surface area contributed by atoms with Gasteiger partial charge < -0.3 is 15.5 Å². The lowest BCUT2D eigenvalue weighted by Gasteiger charge is -2.06. The van der Waals surface area contributed by atoms with E-state index in [1.165, 1.54) is 18.2 Å². The first-order valence-electron chi connectivity index (χ1n) is 5.10. The molecule has 5 nitrogen and oxygen atoms in total. The molecular formula is C12H8ClNO4S. The highest BCUT2D eigenvalue weighted by atomic mass is 35.5. The molecule has 1 amide bonds. The summed E-state index contributed by atoms with van der Waals surface area (Å²) < 4.78 is 0.488. The molecule has 1 aromatic heterocycles. The number of anilines is 1. The summed E-state index contributed by atoms with van der Waals surface area (Å²) in [6.07, 6.45) is 0. The zero-order valence-corrected chi connectivity index (χ0v) is 11.0. The van der Waals surface area contributed by atoms with Crippen LogP contribution in [-0.2, 0) is 0 Å². The number of benzene rings is 1. The largest absolute Gasteiger partial charge is 0.507 e. The molecule has 3 N–H and O–H groups in total. The Morgan fingerprint density at radius 1 is 1.21 bits per heavy atom. The van der Waals surface area contributed by atoms with Crippen molar-refractivity contribution in [1.29, 1.82) is 0 Å². The summed E-state index contributed by atoms with van der Waals surface area (Å²) in [6, 6.07) is 6.97. The van der Waals surface area contributed by atoms with E-state index in [0.29, 0.717) is 9.21 Å². The van der Waals surface area contributed by atoms with Crippen LogP contribution in [0.15, 0.2) is 30.3 Å². The zero-order chi connectivity index (χ0) is 14.0. The molecule has 0 bridgehead atoms. The van der Waals surface area contributed by atoms with E-state index in [0.717, 1.165) is 11.3 Å². The van der Waals surface area contributed by atoms with Crippen LogP contribution in [-0.4, -0.2) is 22.1 Å². The minimum atomic E-state index is -1.27. The molecule has 7 heteroatoms. The van der Waals surface area contributed by atoms with E-state index in [2.05, 4.69) is 5.32 Å². The Kier molecular flexibility index (Phi) is 3.73. The summed E-state index contributed by atoms with van der Waals surface area (Å²) in [5.41, 5.74) is 0.00624. The number of rotatable bonds is 3. The molecule has 2 rings (SSSR count). The van der Waals surface area contributed by atoms with Crippen LogP contribution in [0.5, 0.6) is 5.75 Å². The van der Waals surface area contributed by atoms with Gasteiger partial charge in [-0.3, -0.25) is 4.79 Å². The molecule has 0 aliphatic rings. The van der Waals surface area contributed by atoms with Gasteiger partial charge in [0, 0.05) is 5.69 Å². The van der Waals surface area contributed by atoms with Crippen molar-refractivity contribution in [2.45, 2.75) is 0 Å². The number of phenols is 1. The van der Waals surface area contributed by atoms with Gasteiger partial charge in [-0.15, -0.1) is 11.3 Å². The monoisotopic (exact) mass is 297 g/mol. The maximum absolute atomic E-state index is 11.8. The Hall–Kier alpha value is -2.05. The van der Waals surface area contributed by atoms with Crippen molar-refractivity contribution < 1.29 is 19.8 Å². The molecule has 1 aromatic carbocycles. The molecule has 0 unspecified atom stereocenters. The van der Waals surface area contributed by atoms with Crippen molar-refractivity contribution in [2.75, 3.05) is 5.32 Å². The molecular weight excluding hydrogens is 290 g/mol. The van der Waals surface area contributed by atoms with Crippen molar-refractivity contribution in [1.82, 2.24) is 0 Å². The van der Waals surface area contributed by atoms with Gasteiger partial charge in [-0.25, -0.2) is 4.79 Å². The Labute approximate surface area is 117 Å². The number of carboxylic acids is 1. The van der Waals surface area contributed by atoms with E-state index in [1.807, 2.05) is 0 Å². The number of hydrogen-bond donors (Lipinski definition) is 3. The molecule has 2 aromatic rings. The van der Waals surface area contributed by atoms with Crippen molar-refractivity contribution in [2.24, 2.45) is 0 Å². The van der Waals surface area contributed by atoms with Crippen molar-refractivity contribution >= 4 is 40.5 Å². The molecule has 19 heavy (non-hydrogen) atoms. The van der Waals surface area contributed by atoms with Gasteiger partial charge in [0.2, 0.25) is 0 Å². The van der Waals surface area contributed by atoms with Crippen LogP contribution >= 0.6 is 22.9 Å². The second-order valence-corrected chi connectivity index (χ2v) is 5.31. The van der Waals surface area contributed by atoms with Gasteiger partial charge in [-0.1, -0.05) is 11.6 Å². The van der Waals surface area contributed by atoms with Crippen LogP contribution in [0.3, 0.4) is 0 Å². The van der Waals surface area contributed by atoms with Gasteiger partial charge in [-0.05, 0) is 30.3 Å². The van der Waals surface area contributed by atoms with Gasteiger partial charge >= 0.3 is 5.97 Å². The summed E-state index contributed by atoms with van der Waals surface area (Å²) in [4.78, 5) is 23.1. The summed E-state index contributed by atoms with van der Waals surface area (Å²) in [6.45, 7) is 0. The van der Waals surface area contributed by atoms with Crippen molar-refractivity contribution in [3.8, 4) is 5.75 Å². The van der Waals surface area contributed by atoms with Gasteiger partial charge in [-0.2, -0.15) is 0 Å². The molecule has 0 saturated carbocycles. The molecule has 1 heterocycles. The fourth-order valence-electron chi connectivity index (χ4n) is 1.41. The summed E-state index contributed by atoms with van der Waals surface area (Å²) in [7, 11) is 0. The van der Waals surface area contributed by atoms with Gasteiger partial charge in [0.05, 0.1) is 9.21 Å². The molecule has 0 saturated heterocycles. The maximum atomic E-state index is 11.8. The van der Waals surface area contributed by atoms with Crippen LogP contribution in [0.1, 0.15) is 20.0 Å². The number of aromatic hydroxyl groups is 1. The second kappa shape index (κ2) is 5.29. The lowest BCUT2D eigenvalue weighted by Crippen LogP contribution is -2.10. The van der Waals surface area contributed by atoms with Gasteiger partial charge in [0.25, 0.3) is 5.91 Å². The summed E-state index contributed by atoms with van der Waals surface area (Å²) in [5.74, 6) is -2.02. The molecule has 0 aliphatic heterocycles. The third-order valence-corrected chi connectivity index (χ3v) is 3.51. The first-order valence-corrected chi connectivity index (χ1v) is 6.30. The van der Waals surface area contributed by atoms with Crippen LogP contribution in [0.2, 0.25) is 4.34 Å². The third kappa shape index (κ3) is 3.04. The van der Waals surface area contributed by atoms with E-state index < -0.39 is 5.97 Å². The molecule has 0 atom stereocenters. The zero-order valence-electron chi connectivity index (χ0n) is 9.38. The fraction of sp³-hybridized carbons (Fsp3) is 0. The van der Waals surface area contributed by atoms with Crippen molar-refractivity contribution in [3.05, 3.63) is 45.1 Å². The SMILES string of the molecule is O=C(Nc1ccc(O)c(C(=O)O)c1)c1ccc(Cl)s1. The maximum Gasteiger partial charge on any atom is 0.339 e. The number of hydrogen-bond acceptors (Lipinski definition) is 4. The molecule has 0 fully saturated rings. The Morgan fingerprint density at radius 3 is 2.53 bits per heavy atom. The van der Waals surface area contributed by atoms with Crippen LogP contribution < -0.4 is 5.32 Å². The molecule has 98 valence electrons. The average molecular weight is 298 g/mol. The highest BCUT2D eigenvalue weighted by Gasteiger charge is 2.13. The first-order chi connectivity index (χ1) is 8.97. The first kappa shape index (κ1) is 13.4. The highest BCUT2D eigenvalue weighted by Crippen LogP contribution is 2.24. The number of aromatic carboxylic acids is 1. The second-order valence-electron chi connectivity index (χ2n) is 3.59. The normalized spacial score (nSPS) is 10.2. The van der Waals surface area contributed by atoms with Crippen LogP contribution in [0, 0.1) is 0 Å². The van der Waals surface area contributed by atoms with E-state index in [-0.39, 0.29) is 22.9 Å². The minimum Gasteiger partial charge on any atom is -0.507 e. The topological polar surface area (TPSA) is 86.6 Å². The Bertz CT molecular complexity index is 653. The van der Waals surface area contributed by atoms with Gasteiger partial charge in [0.15, 0.2) is 0 Å². The Morgan fingerprint density at radius 2 is 1.95 bits per heavy atom. The Balaban J connectivity index is 2.22. The van der Waals surface area contributed by atoms with E-state index in [4.69, 9.17) is 16.7 Å². The summed E-state index contributed by atoms with van der Waals surface area (Å²) in [5, 5.41) is 20.7. The van der Waals surface area contributed by atoms with E-state index in [9.17, 15) is 14.7 Å². The van der Waals surface area contributed by atoms with Crippen molar-refractivity contribution in [3.63, 3.8) is 0 Å². The number of thiophene rings is 1. The van der Waals surface area contributed by atoms with Crippen LogP contribution in [0.4, 0.5) is 5.69 Å². The number of halogens is 1. The van der Waals surface area contributed by atoms with E-state index in [1.54, 1.807) is 12.1 Å². The van der Waals surface area contributed by atoms with Crippen LogP contribution in [0.25, 0.3) is 0 Å². The number of nitrogens with one attached hydrogen (secondary N) is 1. The lowest BCUT2D eigenvalue weighted by molar-refractivity contribution is 0.0693. The highest BCUT2D eigenvalue weighted by molar-refractivity contribution is 7.18. The smallest absolute Gasteiger partial charge is 0.339 e. The quantitative estimate of drug-likeness (QED) is 0.760. The lowest BCUT2D eigenvalue weighted by atomic mass is 10.2. The number of carbonyl (C=O) groups is 2. The van der Waals surface area contributed by atoms with Gasteiger partial charge in [0.1, 0.15) is 11.3 Å². The van der Waals surface area contributed by atoms with E-state index >= 15 is 0 Å². The predicted molar refractivity (Wildman–Crippen MR) is 72.3 cm³/mol. The summed E-state index contributed by atoms with van der Waals surface area (Å²) >= 11 is 6.84. The predicted octanol–water partition coefficient (Wildman–Crippen LogP) is 3.06. The standard InChI is InChI=1S/C12H8ClNO4S/c13-10-4-3-9(19-10)11(16)14-6-1-2-8(15)7(5-6)12(17)18/h1-5,15H,(H,14,16)(H,17,18). The third-order valence-electron chi connectivity index (χ3n) is 2.28.